The Balaban J connectivity index is 1.59. The zero-order chi connectivity index (χ0) is 17.8. The molecule has 1 saturated heterocycles. The third-order valence-electron chi connectivity index (χ3n) is 4.89. The normalized spacial score (nSPS) is 19.0. The van der Waals surface area contributed by atoms with Crippen LogP contribution in [0.1, 0.15) is 44.8 Å². The second-order valence-corrected chi connectivity index (χ2v) is 6.88. The lowest BCUT2D eigenvalue weighted by Crippen LogP contribution is -2.43. The van der Waals surface area contributed by atoms with Crippen LogP contribution in [0.4, 0.5) is 10.6 Å². The van der Waals surface area contributed by atoms with Gasteiger partial charge < -0.3 is 4.90 Å². The molecule has 2 unspecified atom stereocenters. The summed E-state index contributed by atoms with van der Waals surface area (Å²) in [5.41, 5.74) is 1.06. The van der Waals surface area contributed by atoms with E-state index >= 15 is 0 Å². The van der Waals surface area contributed by atoms with Crippen molar-refractivity contribution in [1.29, 1.82) is 0 Å². The number of aromatic nitrogens is 5. The van der Waals surface area contributed by atoms with Gasteiger partial charge >= 0.3 is 6.03 Å². The van der Waals surface area contributed by atoms with Crippen molar-refractivity contribution < 1.29 is 4.79 Å². The highest BCUT2D eigenvalue weighted by molar-refractivity contribution is 5.88. The van der Waals surface area contributed by atoms with Crippen molar-refractivity contribution in [3.05, 3.63) is 24.2 Å². The molecule has 0 spiro atoms. The summed E-state index contributed by atoms with van der Waals surface area (Å²) in [5, 5.41) is 15.3. The standard InChI is InChI=1S/C17H27N7O/c1-4-13(2)24-14(3)10-16(20-24)19-17(25)22-8-5-6-15(11-22)12-23-9-7-18-21-23/h7,9-10,13,15H,4-6,8,11-12H2,1-3H3,(H,19,20,25). The number of nitrogens with one attached hydrogen (secondary N) is 1. The van der Waals surface area contributed by atoms with Gasteiger partial charge in [-0.3, -0.25) is 14.7 Å². The van der Waals surface area contributed by atoms with Gasteiger partial charge in [0, 0.05) is 43.6 Å². The topological polar surface area (TPSA) is 80.9 Å². The Bertz CT molecular complexity index is 694. The van der Waals surface area contributed by atoms with Gasteiger partial charge in [0.2, 0.25) is 0 Å². The molecule has 0 aliphatic carbocycles. The number of hydrogen-bond acceptors (Lipinski definition) is 4. The minimum absolute atomic E-state index is 0.0721. The van der Waals surface area contributed by atoms with Crippen LogP contribution in [0.25, 0.3) is 0 Å². The van der Waals surface area contributed by atoms with Crippen LogP contribution < -0.4 is 5.32 Å². The fourth-order valence-corrected chi connectivity index (χ4v) is 3.35. The fourth-order valence-electron chi connectivity index (χ4n) is 3.35. The SMILES string of the molecule is CCC(C)n1nc(NC(=O)N2CCCC(Cn3ccnn3)C2)cc1C. The molecule has 8 heteroatoms. The number of rotatable bonds is 5. The maximum absolute atomic E-state index is 12.6. The highest BCUT2D eigenvalue weighted by atomic mass is 16.2. The molecule has 25 heavy (non-hydrogen) atoms. The number of carbonyl (C=O) groups excluding carboxylic acids is 1. The van der Waals surface area contributed by atoms with E-state index in [1.165, 1.54) is 0 Å². The van der Waals surface area contributed by atoms with Crippen LogP contribution >= 0.6 is 0 Å². The van der Waals surface area contributed by atoms with Crippen molar-refractivity contribution in [3.8, 4) is 0 Å². The number of urea groups is 1. The lowest BCUT2D eigenvalue weighted by Gasteiger charge is -2.32. The van der Waals surface area contributed by atoms with Gasteiger partial charge in [-0.25, -0.2) is 4.79 Å². The molecule has 1 aliphatic heterocycles. The van der Waals surface area contributed by atoms with Gasteiger partial charge in [0.05, 0.1) is 6.20 Å². The largest absolute Gasteiger partial charge is 0.324 e. The fraction of sp³-hybridized carbons (Fsp3) is 0.647. The van der Waals surface area contributed by atoms with E-state index in [0.717, 1.165) is 44.6 Å². The molecule has 2 atom stereocenters. The lowest BCUT2D eigenvalue weighted by atomic mass is 9.98. The Morgan fingerprint density at radius 2 is 2.32 bits per heavy atom. The molecule has 2 aromatic heterocycles. The number of nitrogens with zero attached hydrogens (tertiary/aromatic N) is 6. The monoisotopic (exact) mass is 345 g/mol. The van der Waals surface area contributed by atoms with Crippen LogP contribution in [0.2, 0.25) is 0 Å². The second kappa shape index (κ2) is 7.67. The average Bonchev–Trinajstić information content (AvgIpc) is 3.24. The van der Waals surface area contributed by atoms with Crippen LogP contribution in [0.15, 0.2) is 18.5 Å². The Morgan fingerprint density at radius 3 is 3.04 bits per heavy atom. The van der Waals surface area contributed by atoms with Gasteiger partial charge in [0.25, 0.3) is 0 Å². The van der Waals surface area contributed by atoms with E-state index in [9.17, 15) is 4.79 Å². The molecule has 2 amide bonds. The lowest BCUT2D eigenvalue weighted by molar-refractivity contribution is 0.168. The summed E-state index contributed by atoms with van der Waals surface area (Å²) in [4.78, 5) is 14.5. The van der Waals surface area contributed by atoms with E-state index < -0.39 is 0 Å². The molecule has 1 fully saturated rings. The predicted molar refractivity (Wildman–Crippen MR) is 95.3 cm³/mol. The highest BCUT2D eigenvalue weighted by Crippen LogP contribution is 2.20. The van der Waals surface area contributed by atoms with Crippen molar-refractivity contribution in [2.45, 2.75) is 52.6 Å². The van der Waals surface area contributed by atoms with E-state index in [1.807, 2.05) is 33.5 Å². The molecular formula is C17H27N7O. The van der Waals surface area contributed by atoms with Crippen molar-refractivity contribution >= 4 is 11.8 Å². The van der Waals surface area contributed by atoms with Crippen LogP contribution in [-0.4, -0.2) is 48.8 Å². The molecule has 0 aromatic carbocycles. The van der Waals surface area contributed by atoms with Gasteiger partial charge in [-0.05, 0) is 39.0 Å². The summed E-state index contributed by atoms with van der Waals surface area (Å²) in [6.45, 7) is 8.59. The summed E-state index contributed by atoms with van der Waals surface area (Å²) in [7, 11) is 0. The molecule has 0 radical (unpaired) electrons. The summed E-state index contributed by atoms with van der Waals surface area (Å²) < 4.78 is 3.81. The van der Waals surface area contributed by atoms with E-state index in [0.29, 0.717) is 17.8 Å². The van der Waals surface area contributed by atoms with E-state index in [4.69, 9.17) is 0 Å². The smallest absolute Gasteiger partial charge is 0.323 e. The number of carbonyl (C=O) groups is 1. The van der Waals surface area contributed by atoms with Gasteiger partial charge in [-0.15, -0.1) is 5.10 Å². The summed E-state index contributed by atoms with van der Waals surface area (Å²) >= 11 is 0. The molecule has 2 aromatic rings. The van der Waals surface area contributed by atoms with Crippen LogP contribution in [-0.2, 0) is 6.54 Å². The Morgan fingerprint density at radius 1 is 1.48 bits per heavy atom. The summed E-state index contributed by atoms with van der Waals surface area (Å²) in [6, 6.07) is 2.19. The first-order chi connectivity index (χ1) is 12.1. The zero-order valence-electron chi connectivity index (χ0n) is 15.2. The molecule has 1 aliphatic rings. The van der Waals surface area contributed by atoms with Crippen molar-refractivity contribution in [2.75, 3.05) is 18.4 Å². The van der Waals surface area contributed by atoms with Crippen LogP contribution in [0.3, 0.4) is 0 Å². The number of piperidine rings is 1. The second-order valence-electron chi connectivity index (χ2n) is 6.88. The molecular weight excluding hydrogens is 318 g/mol. The molecule has 0 bridgehead atoms. The summed E-state index contributed by atoms with van der Waals surface area (Å²) in [5.74, 6) is 1.03. The Labute approximate surface area is 148 Å². The minimum Gasteiger partial charge on any atom is -0.324 e. The average molecular weight is 345 g/mol. The van der Waals surface area contributed by atoms with Gasteiger partial charge in [0.1, 0.15) is 0 Å². The summed E-state index contributed by atoms with van der Waals surface area (Å²) in [6.07, 6.45) is 6.66. The molecule has 3 rings (SSSR count). The number of hydrogen-bond donors (Lipinski definition) is 1. The first-order valence-corrected chi connectivity index (χ1v) is 9.03. The first kappa shape index (κ1) is 17.4. The molecule has 1 N–H and O–H groups in total. The molecule has 3 heterocycles. The third-order valence-corrected chi connectivity index (χ3v) is 4.89. The van der Waals surface area contributed by atoms with Crippen molar-refractivity contribution in [3.63, 3.8) is 0 Å². The number of amides is 2. The van der Waals surface area contributed by atoms with Crippen LogP contribution in [0.5, 0.6) is 0 Å². The van der Waals surface area contributed by atoms with Crippen LogP contribution in [0, 0.1) is 12.8 Å². The highest BCUT2D eigenvalue weighted by Gasteiger charge is 2.25. The number of anilines is 1. The molecule has 0 saturated carbocycles. The minimum atomic E-state index is -0.0721. The number of likely N-dealkylation sites (tertiary alicyclic amines) is 1. The van der Waals surface area contributed by atoms with Gasteiger partial charge in [-0.2, -0.15) is 5.10 Å². The maximum Gasteiger partial charge on any atom is 0.323 e. The zero-order valence-corrected chi connectivity index (χ0v) is 15.2. The predicted octanol–water partition coefficient (Wildman–Crippen LogP) is 2.70. The van der Waals surface area contributed by atoms with Crippen molar-refractivity contribution in [1.82, 2.24) is 29.7 Å². The van der Waals surface area contributed by atoms with E-state index in [2.05, 4.69) is 34.6 Å². The van der Waals surface area contributed by atoms with E-state index in [-0.39, 0.29) is 6.03 Å². The Kier molecular flexibility index (Phi) is 5.35. The van der Waals surface area contributed by atoms with Gasteiger partial charge in [-0.1, -0.05) is 12.1 Å². The maximum atomic E-state index is 12.6. The first-order valence-electron chi connectivity index (χ1n) is 9.03. The van der Waals surface area contributed by atoms with Gasteiger partial charge in [0.15, 0.2) is 5.82 Å². The molecule has 8 nitrogen and oxygen atoms in total. The third kappa shape index (κ3) is 4.18. The van der Waals surface area contributed by atoms with E-state index in [1.54, 1.807) is 6.20 Å². The number of aryl methyl sites for hydroxylation is 1. The Hall–Kier alpha value is -2.38. The molecule has 136 valence electrons. The van der Waals surface area contributed by atoms with Crippen molar-refractivity contribution in [2.24, 2.45) is 5.92 Å². The quantitative estimate of drug-likeness (QED) is 0.903.